The molecule has 3 N–H and O–H groups in total. The van der Waals surface area contributed by atoms with Crippen molar-refractivity contribution in [2.24, 2.45) is 46.3 Å². The number of hydrogen-bond donors (Lipinski definition) is 3. The maximum absolute atomic E-state index is 13.6. The first-order valence-corrected chi connectivity index (χ1v) is 16.1. The number of carbonyl (C=O) groups excluding carboxylic acids is 2. The molecule has 6 heteroatoms. The highest BCUT2D eigenvalue weighted by atomic mass is 16.2. The smallest absolute Gasteiger partial charge is 0.230 e. The Bertz CT molecular complexity index is 1500. The fraction of sp³-hybridized carbons (Fsp3) is 0.571. The van der Waals surface area contributed by atoms with E-state index in [0.29, 0.717) is 0 Å². The number of aromatic amines is 1. The van der Waals surface area contributed by atoms with Crippen molar-refractivity contribution in [2.45, 2.75) is 77.0 Å². The fourth-order valence-electron chi connectivity index (χ4n) is 11.3. The third kappa shape index (κ3) is 3.99. The van der Waals surface area contributed by atoms with Gasteiger partial charge in [-0.1, -0.05) is 12.1 Å². The van der Waals surface area contributed by atoms with E-state index in [2.05, 4.69) is 15.6 Å². The Hall–Kier alpha value is -3.15. The number of fused-ring (bicyclic) bond motifs is 1. The number of benzene rings is 2. The molecule has 0 unspecified atom stereocenters. The average Bonchev–Trinajstić information content (AvgIpc) is 3.35. The zero-order valence-corrected chi connectivity index (χ0v) is 23.8. The Balaban J connectivity index is 0.928. The first kappa shape index (κ1) is 24.4. The van der Waals surface area contributed by atoms with E-state index in [-0.39, 0.29) is 22.6 Å². The maximum atomic E-state index is 13.6. The minimum Gasteiger partial charge on any atom is -0.338 e. The van der Waals surface area contributed by atoms with Crippen LogP contribution in [0.2, 0.25) is 0 Å². The normalized spacial score (nSPS) is 38.0. The molecule has 1 aromatic heterocycles. The van der Waals surface area contributed by atoms with Gasteiger partial charge in [-0.2, -0.15) is 0 Å². The molecule has 8 aliphatic carbocycles. The predicted octanol–water partition coefficient (Wildman–Crippen LogP) is 7.54. The van der Waals surface area contributed by atoms with Crippen molar-refractivity contribution in [3.8, 4) is 11.4 Å². The largest absolute Gasteiger partial charge is 0.338 e. The lowest BCUT2D eigenvalue weighted by Gasteiger charge is -2.55. The number of nitrogens with zero attached hydrogens (tertiary/aromatic N) is 1. The maximum Gasteiger partial charge on any atom is 0.230 e. The number of anilines is 2. The van der Waals surface area contributed by atoms with Gasteiger partial charge in [-0.25, -0.2) is 4.98 Å². The zero-order valence-electron chi connectivity index (χ0n) is 23.8. The number of H-pyrrole nitrogens is 1. The van der Waals surface area contributed by atoms with Crippen LogP contribution in [0.3, 0.4) is 0 Å². The van der Waals surface area contributed by atoms with E-state index in [1.807, 2.05) is 42.5 Å². The topological polar surface area (TPSA) is 86.9 Å². The van der Waals surface area contributed by atoms with Crippen LogP contribution < -0.4 is 10.6 Å². The molecule has 3 aromatic rings. The van der Waals surface area contributed by atoms with E-state index < -0.39 is 0 Å². The molecule has 0 radical (unpaired) electrons. The molecule has 8 saturated carbocycles. The van der Waals surface area contributed by atoms with Gasteiger partial charge < -0.3 is 15.6 Å². The standard InChI is InChI=1S/C35H40N4O2/c40-32(34-14-20-6-21(15-34)8-22(7-20)16-34)36-27-3-1-2-26(12-27)31-38-29-5-4-28(13-30(29)39-31)37-33(41)35-17-23-9-24(18-35)11-25(10-23)19-35/h1-5,12-13,20-25H,6-11,14-19H2,(H,36,40)(H,37,41)(H,38,39). The first-order chi connectivity index (χ1) is 19.9. The molecule has 8 aliphatic rings. The minimum atomic E-state index is -0.166. The van der Waals surface area contributed by atoms with E-state index in [0.717, 1.165) is 108 Å². The van der Waals surface area contributed by atoms with Gasteiger partial charge in [0.1, 0.15) is 5.82 Å². The summed E-state index contributed by atoms with van der Waals surface area (Å²) in [5.41, 5.74) is 4.08. The summed E-state index contributed by atoms with van der Waals surface area (Å²) < 4.78 is 0. The van der Waals surface area contributed by atoms with Crippen LogP contribution in [0.1, 0.15) is 77.0 Å². The summed E-state index contributed by atoms with van der Waals surface area (Å²) in [6, 6.07) is 14.0. The lowest BCUT2D eigenvalue weighted by Crippen LogP contribution is -2.51. The van der Waals surface area contributed by atoms with Crippen LogP contribution in [-0.2, 0) is 9.59 Å². The van der Waals surface area contributed by atoms with Crippen LogP contribution in [0.5, 0.6) is 0 Å². The van der Waals surface area contributed by atoms with Gasteiger partial charge in [-0.05, 0) is 143 Å². The van der Waals surface area contributed by atoms with Gasteiger partial charge in [0.2, 0.25) is 11.8 Å². The zero-order chi connectivity index (χ0) is 27.3. The SMILES string of the molecule is O=C(Nc1cccc(-c2nc3ccc(NC(=O)C45CC6CC(CC(C6)C4)C5)cc3[nH]2)c1)C12CC3CC(CC(C3)C1)C2. The van der Waals surface area contributed by atoms with Crippen LogP contribution in [0.15, 0.2) is 42.5 Å². The van der Waals surface area contributed by atoms with E-state index in [9.17, 15) is 9.59 Å². The quantitative estimate of drug-likeness (QED) is 0.308. The second-order valence-electron chi connectivity index (χ2n) is 15.2. The van der Waals surface area contributed by atoms with Gasteiger partial charge >= 0.3 is 0 Å². The molecule has 1 heterocycles. The summed E-state index contributed by atoms with van der Waals surface area (Å²) in [7, 11) is 0. The van der Waals surface area contributed by atoms with E-state index >= 15 is 0 Å². The van der Waals surface area contributed by atoms with Gasteiger partial charge in [0.05, 0.1) is 21.9 Å². The number of hydrogen-bond acceptors (Lipinski definition) is 3. The van der Waals surface area contributed by atoms with Crippen molar-refractivity contribution in [3.63, 3.8) is 0 Å². The van der Waals surface area contributed by atoms with E-state index in [4.69, 9.17) is 4.98 Å². The van der Waals surface area contributed by atoms with Crippen molar-refractivity contribution in [1.29, 1.82) is 0 Å². The van der Waals surface area contributed by atoms with Crippen molar-refractivity contribution in [3.05, 3.63) is 42.5 Å². The number of rotatable bonds is 5. The molecular weight excluding hydrogens is 508 g/mol. The van der Waals surface area contributed by atoms with Crippen molar-refractivity contribution < 1.29 is 9.59 Å². The molecule has 212 valence electrons. The summed E-state index contributed by atoms with van der Waals surface area (Å²) in [6.45, 7) is 0. The highest BCUT2D eigenvalue weighted by Crippen LogP contribution is 2.61. The van der Waals surface area contributed by atoms with Crippen molar-refractivity contribution in [2.75, 3.05) is 10.6 Å². The number of carbonyl (C=O) groups is 2. The summed E-state index contributed by atoms with van der Waals surface area (Å²) in [4.78, 5) is 35.5. The highest BCUT2D eigenvalue weighted by Gasteiger charge is 2.55. The van der Waals surface area contributed by atoms with E-state index in [1.165, 1.54) is 38.5 Å². The molecule has 0 atom stereocenters. The molecular formula is C35H40N4O2. The lowest BCUT2D eigenvalue weighted by atomic mass is 9.49. The Morgan fingerprint density at radius 3 is 1.66 bits per heavy atom. The van der Waals surface area contributed by atoms with Gasteiger partial charge in [0, 0.05) is 16.9 Å². The molecule has 0 aliphatic heterocycles. The van der Waals surface area contributed by atoms with Gasteiger partial charge in [0.25, 0.3) is 0 Å². The van der Waals surface area contributed by atoms with Gasteiger partial charge in [0.15, 0.2) is 0 Å². The Morgan fingerprint density at radius 2 is 1.15 bits per heavy atom. The second kappa shape index (κ2) is 8.68. The average molecular weight is 549 g/mol. The highest BCUT2D eigenvalue weighted by molar-refractivity contribution is 5.98. The van der Waals surface area contributed by atoms with Crippen molar-refractivity contribution in [1.82, 2.24) is 9.97 Å². The summed E-state index contributed by atoms with van der Waals surface area (Å²) in [6.07, 6.45) is 14.4. The first-order valence-electron chi connectivity index (χ1n) is 16.1. The van der Waals surface area contributed by atoms with Gasteiger partial charge in [-0.3, -0.25) is 9.59 Å². The lowest BCUT2D eigenvalue weighted by molar-refractivity contribution is -0.141. The summed E-state index contributed by atoms with van der Waals surface area (Å²) >= 11 is 0. The van der Waals surface area contributed by atoms with Crippen LogP contribution in [-0.4, -0.2) is 21.8 Å². The predicted molar refractivity (Wildman–Crippen MR) is 160 cm³/mol. The molecule has 11 rings (SSSR count). The molecule has 2 aromatic carbocycles. The Labute approximate surface area is 241 Å². The monoisotopic (exact) mass is 548 g/mol. The summed E-state index contributed by atoms with van der Waals surface area (Å²) in [5, 5.41) is 6.59. The summed E-state index contributed by atoms with van der Waals surface area (Å²) in [5.74, 6) is 5.70. The Morgan fingerprint density at radius 1 is 0.659 bits per heavy atom. The minimum absolute atomic E-state index is 0.163. The third-order valence-electron chi connectivity index (χ3n) is 12.2. The molecule has 41 heavy (non-hydrogen) atoms. The third-order valence-corrected chi connectivity index (χ3v) is 12.2. The fourth-order valence-corrected chi connectivity index (χ4v) is 11.3. The van der Waals surface area contributed by atoms with Gasteiger partial charge in [-0.15, -0.1) is 0 Å². The molecule has 0 spiro atoms. The molecule has 6 nitrogen and oxygen atoms in total. The number of imidazole rings is 1. The Kier molecular flexibility index (Phi) is 5.18. The van der Waals surface area contributed by atoms with Crippen LogP contribution in [0.25, 0.3) is 22.4 Å². The number of nitrogens with one attached hydrogen (secondary N) is 3. The molecule has 0 saturated heterocycles. The van der Waals surface area contributed by atoms with Crippen LogP contribution in [0, 0.1) is 46.3 Å². The number of aromatic nitrogens is 2. The molecule has 8 bridgehead atoms. The van der Waals surface area contributed by atoms with E-state index in [1.54, 1.807) is 0 Å². The van der Waals surface area contributed by atoms with Crippen LogP contribution in [0.4, 0.5) is 11.4 Å². The second-order valence-corrected chi connectivity index (χ2v) is 15.2. The van der Waals surface area contributed by atoms with Crippen LogP contribution >= 0.6 is 0 Å². The molecule has 8 fully saturated rings. The number of amides is 2. The van der Waals surface area contributed by atoms with Crippen molar-refractivity contribution >= 4 is 34.2 Å². The molecule has 2 amide bonds.